The second-order valence-electron chi connectivity index (χ2n) is 6.90. The van der Waals surface area contributed by atoms with E-state index in [1.165, 1.54) is 13.3 Å². The number of rotatable bonds is 5. The lowest BCUT2D eigenvalue weighted by Gasteiger charge is -2.13. The lowest BCUT2D eigenvalue weighted by Crippen LogP contribution is -2.28. The molecule has 1 heterocycles. The van der Waals surface area contributed by atoms with Crippen molar-refractivity contribution in [2.45, 2.75) is 6.42 Å². The molecule has 4 rings (SSSR count). The Morgan fingerprint density at radius 2 is 1.93 bits per heavy atom. The molecule has 1 saturated heterocycles. The van der Waals surface area contributed by atoms with E-state index in [2.05, 4.69) is 25.8 Å². The van der Waals surface area contributed by atoms with Crippen molar-refractivity contribution in [2.24, 2.45) is 28.8 Å². The highest BCUT2D eigenvalue weighted by molar-refractivity contribution is 9.10. The van der Waals surface area contributed by atoms with Gasteiger partial charge >= 0.3 is 5.97 Å². The lowest BCUT2D eigenvalue weighted by molar-refractivity contribution is -0.143. The summed E-state index contributed by atoms with van der Waals surface area (Å²) in [5.41, 5.74) is 0.419. The van der Waals surface area contributed by atoms with Crippen LogP contribution in [0.5, 0.6) is 5.75 Å². The van der Waals surface area contributed by atoms with Crippen LogP contribution in [0.4, 0.5) is 0 Å². The summed E-state index contributed by atoms with van der Waals surface area (Å²) < 4.78 is 10.6. The Kier molecular flexibility index (Phi) is 5.01. The van der Waals surface area contributed by atoms with Crippen molar-refractivity contribution in [3.63, 3.8) is 0 Å². The first kappa shape index (κ1) is 19.1. The second-order valence-corrected chi connectivity index (χ2v) is 8.19. The molecule has 146 valence electrons. The predicted molar refractivity (Wildman–Crippen MR) is 104 cm³/mol. The number of nitrogens with zero attached hydrogens (tertiary/aromatic N) is 2. The Morgan fingerprint density at radius 1 is 1.29 bits per heavy atom. The van der Waals surface area contributed by atoms with Gasteiger partial charge in [-0.3, -0.25) is 9.59 Å². The molecular formula is C19H16BrClN2O5. The van der Waals surface area contributed by atoms with E-state index in [1.807, 2.05) is 12.2 Å². The van der Waals surface area contributed by atoms with Crippen LogP contribution in [0, 0.1) is 23.7 Å². The van der Waals surface area contributed by atoms with Crippen LogP contribution < -0.4 is 4.74 Å². The smallest absolute Gasteiger partial charge is 0.343 e. The zero-order valence-corrected chi connectivity index (χ0v) is 17.1. The van der Waals surface area contributed by atoms with Gasteiger partial charge in [0.1, 0.15) is 5.75 Å². The summed E-state index contributed by atoms with van der Waals surface area (Å²) in [6, 6.07) is 3.17. The van der Waals surface area contributed by atoms with Crippen molar-refractivity contribution in [2.75, 3.05) is 13.7 Å². The molecule has 0 aromatic heterocycles. The Hall–Kier alpha value is -2.19. The fourth-order valence-corrected chi connectivity index (χ4v) is 5.09. The second kappa shape index (κ2) is 7.33. The van der Waals surface area contributed by atoms with Crippen molar-refractivity contribution in [3.8, 4) is 5.75 Å². The molecule has 0 spiro atoms. The molecule has 1 aliphatic heterocycles. The fraction of sp³-hybridized carbons (Fsp3) is 0.368. The number of hydrazone groups is 1. The third-order valence-corrected chi connectivity index (χ3v) is 6.17. The monoisotopic (exact) mass is 466 g/mol. The first-order chi connectivity index (χ1) is 13.4. The van der Waals surface area contributed by atoms with Crippen molar-refractivity contribution in [3.05, 3.63) is 39.3 Å². The summed E-state index contributed by atoms with van der Waals surface area (Å²) in [5, 5.41) is 5.48. The average Bonchev–Trinajstić information content (AvgIpc) is 3.33. The molecule has 4 atom stereocenters. The van der Waals surface area contributed by atoms with Gasteiger partial charge in [-0.05, 0) is 46.3 Å². The third kappa shape index (κ3) is 3.14. The Labute approximate surface area is 174 Å². The molecule has 3 aliphatic rings. The number of hydrogen-bond donors (Lipinski definition) is 0. The van der Waals surface area contributed by atoms with Crippen molar-refractivity contribution >= 4 is 51.5 Å². The molecule has 0 N–H and O–H groups in total. The van der Waals surface area contributed by atoms with Gasteiger partial charge in [0.05, 0.1) is 29.6 Å². The summed E-state index contributed by atoms with van der Waals surface area (Å²) in [7, 11) is 1.26. The topological polar surface area (TPSA) is 85.3 Å². The van der Waals surface area contributed by atoms with E-state index in [9.17, 15) is 14.4 Å². The predicted octanol–water partition coefficient (Wildman–Crippen LogP) is 2.80. The quantitative estimate of drug-likeness (QED) is 0.288. The van der Waals surface area contributed by atoms with Crippen LogP contribution in [0.25, 0.3) is 0 Å². The van der Waals surface area contributed by atoms with E-state index in [0.717, 1.165) is 11.4 Å². The minimum atomic E-state index is -0.551. The molecule has 2 amide bonds. The Morgan fingerprint density at radius 3 is 2.54 bits per heavy atom. The third-order valence-electron chi connectivity index (χ3n) is 5.36. The van der Waals surface area contributed by atoms with Gasteiger partial charge in [0, 0.05) is 10.6 Å². The van der Waals surface area contributed by atoms with Crippen LogP contribution in [0.15, 0.2) is 33.9 Å². The first-order valence-corrected chi connectivity index (χ1v) is 9.86. The van der Waals surface area contributed by atoms with Crippen LogP contribution in [-0.2, 0) is 19.1 Å². The minimum Gasteiger partial charge on any atom is -0.480 e. The van der Waals surface area contributed by atoms with Gasteiger partial charge in [-0.2, -0.15) is 10.1 Å². The molecule has 28 heavy (non-hydrogen) atoms. The molecule has 2 bridgehead atoms. The first-order valence-electron chi connectivity index (χ1n) is 8.69. The summed E-state index contributed by atoms with van der Waals surface area (Å²) in [6.45, 7) is -0.307. The summed E-state index contributed by atoms with van der Waals surface area (Å²) >= 11 is 9.43. The lowest BCUT2D eigenvalue weighted by atomic mass is 9.85. The number of benzene rings is 1. The normalized spacial score (nSPS) is 27.8. The van der Waals surface area contributed by atoms with E-state index >= 15 is 0 Å². The average molecular weight is 468 g/mol. The van der Waals surface area contributed by atoms with E-state index in [4.69, 9.17) is 16.3 Å². The molecule has 1 aromatic carbocycles. The van der Waals surface area contributed by atoms with Crippen LogP contribution in [0.1, 0.15) is 12.0 Å². The van der Waals surface area contributed by atoms with E-state index in [0.29, 0.717) is 20.8 Å². The number of ether oxygens (including phenoxy) is 2. The standard InChI is InChI=1S/C19H16BrClN2O5/c1-27-14(24)8-28-17-11(5-12(21)6-13(17)20)7-22-23-18(25)15-9-2-3-10(4-9)16(15)19(23)26/h2-3,5-7,9-10,15-16H,4,8H2,1H3. The van der Waals surface area contributed by atoms with Crippen LogP contribution in [0.2, 0.25) is 5.02 Å². The van der Waals surface area contributed by atoms with E-state index in [1.54, 1.807) is 12.1 Å². The maximum Gasteiger partial charge on any atom is 0.343 e. The summed E-state index contributed by atoms with van der Waals surface area (Å²) in [5.74, 6) is -1.20. The highest BCUT2D eigenvalue weighted by Gasteiger charge is 2.59. The van der Waals surface area contributed by atoms with Gasteiger partial charge in [0.15, 0.2) is 6.61 Å². The SMILES string of the molecule is COC(=O)COc1c(Br)cc(Cl)cc1C=NN1C(=O)C2C3C=CC(C3)C2C1=O. The molecule has 2 aliphatic carbocycles. The van der Waals surface area contributed by atoms with Crippen LogP contribution in [-0.4, -0.2) is 42.7 Å². The van der Waals surface area contributed by atoms with Crippen molar-refractivity contribution in [1.82, 2.24) is 5.01 Å². The molecule has 1 saturated carbocycles. The van der Waals surface area contributed by atoms with Crippen molar-refractivity contribution in [1.29, 1.82) is 0 Å². The van der Waals surface area contributed by atoms with Crippen LogP contribution >= 0.6 is 27.5 Å². The highest BCUT2D eigenvalue weighted by atomic mass is 79.9. The maximum atomic E-state index is 12.7. The number of fused-ring (bicyclic) bond motifs is 5. The van der Waals surface area contributed by atoms with Gasteiger partial charge in [-0.15, -0.1) is 0 Å². The van der Waals surface area contributed by atoms with E-state index in [-0.39, 0.29) is 42.1 Å². The van der Waals surface area contributed by atoms with E-state index < -0.39 is 5.97 Å². The highest BCUT2D eigenvalue weighted by Crippen LogP contribution is 2.52. The van der Waals surface area contributed by atoms with Gasteiger partial charge in [0.25, 0.3) is 11.8 Å². The minimum absolute atomic E-state index is 0.117. The molecule has 4 unspecified atom stereocenters. The number of carbonyl (C=O) groups excluding carboxylic acids is 3. The number of carbonyl (C=O) groups is 3. The Bertz CT molecular complexity index is 901. The van der Waals surface area contributed by atoms with Gasteiger partial charge < -0.3 is 9.47 Å². The zero-order valence-electron chi connectivity index (χ0n) is 14.8. The molecular weight excluding hydrogens is 452 g/mol. The Balaban J connectivity index is 1.59. The largest absolute Gasteiger partial charge is 0.480 e. The molecule has 1 aromatic rings. The molecule has 0 radical (unpaired) electrons. The van der Waals surface area contributed by atoms with Crippen molar-refractivity contribution < 1.29 is 23.9 Å². The molecule has 2 fully saturated rings. The number of esters is 1. The number of allylic oxidation sites excluding steroid dienone is 2. The van der Waals surface area contributed by atoms with Gasteiger partial charge in [-0.1, -0.05) is 23.8 Å². The summed E-state index contributed by atoms with van der Waals surface area (Å²) in [4.78, 5) is 36.8. The number of amides is 2. The summed E-state index contributed by atoms with van der Waals surface area (Å²) in [6.07, 6.45) is 6.25. The number of imide groups is 1. The molecule has 7 nitrogen and oxygen atoms in total. The fourth-order valence-electron chi connectivity index (χ4n) is 4.14. The number of hydrogen-bond acceptors (Lipinski definition) is 6. The number of methoxy groups -OCH3 is 1. The van der Waals surface area contributed by atoms with Gasteiger partial charge in [-0.25, -0.2) is 4.79 Å². The maximum absolute atomic E-state index is 12.7. The number of halogens is 2. The van der Waals surface area contributed by atoms with Crippen LogP contribution in [0.3, 0.4) is 0 Å². The van der Waals surface area contributed by atoms with Gasteiger partial charge in [0.2, 0.25) is 0 Å². The molecule has 9 heteroatoms. The zero-order chi connectivity index (χ0) is 20.0.